The fourth-order valence-electron chi connectivity index (χ4n) is 1.62. The maximum Gasteiger partial charge on any atom is 0.261 e. The summed E-state index contributed by atoms with van der Waals surface area (Å²) < 4.78 is 18.1. The molecule has 0 spiro atoms. The van der Waals surface area contributed by atoms with Crippen molar-refractivity contribution in [3.8, 4) is 5.75 Å². The van der Waals surface area contributed by atoms with Gasteiger partial charge < -0.3 is 10.1 Å². The van der Waals surface area contributed by atoms with Gasteiger partial charge in [0.2, 0.25) is 0 Å². The smallest absolute Gasteiger partial charge is 0.261 e. The SMILES string of the molecule is COc1c(Cl)ccc(Cl)c1C(=O)Nc1cncc(F)c1. The first kappa shape index (κ1) is 14.6. The van der Waals surface area contributed by atoms with Crippen LogP contribution >= 0.6 is 23.2 Å². The highest BCUT2D eigenvalue weighted by Crippen LogP contribution is 2.34. The lowest BCUT2D eigenvalue weighted by molar-refractivity contribution is 0.102. The van der Waals surface area contributed by atoms with Crippen molar-refractivity contribution in [3.63, 3.8) is 0 Å². The molecule has 2 rings (SSSR count). The van der Waals surface area contributed by atoms with Crippen molar-refractivity contribution in [2.24, 2.45) is 0 Å². The summed E-state index contributed by atoms with van der Waals surface area (Å²) in [5.41, 5.74) is 0.277. The summed E-state index contributed by atoms with van der Waals surface area (Å²) >= 11 is 11.9. The molecule has 7 heteroatoms. The van der Waals surface area contributed by atoms with Crippen LogP contribution in [0.3, 0.4) is 0 Å². The topological polar surface area (TPSA) is 51.2 Å². The number of hydrogen-bond donors (Lipinski definition) is 1. The standard InChI is InChI=1S/C13H9Cl2FN2O2/c1-20-12-10(15)3-2-9(14)11(12)13(19)18-8-4-7(16)5-17-6-8/h2-6H,1H3,(H,18,19). The van der Waals surface area contributed by atoms with Crippen LogP contribution < -0.4 is 10.1 Å². The van der Waals surface area contributed by atoms with Gasteiger partial charge in [0.15, 0.2) is 5.75 Å². The molecule has 1 amide bonds. The van der Waals surface area contributed by atoms with E-state index in [2.05, 4.69) is 10.3 Å². The van der Waals surface area contributed by atoms with Crippen LogP contribution in [0.4, 0.5) is 10.1 Å². The van der Waals surface area contributed by atoms with E-state index in [1.165, 1.54) is 25.4 Å². The Kier molecular flexibility index (Phi) is 4.42. The number of carbonyl (C=O) groups excluding carboxylic acids is 1. The maximum absolute atomic E-state index is 13.0. The van der Waals surface area contributed by atoms with Gasteiger partial charge in [-0.25, -0.2) is 4.39 Å². The minimum absolute atomic E-state index is 0.0749. The number of anilines is 1. The largest absolute Gasteiger partial charge is 0.494 e. The van der Waals surface area contributed by atoms with E-state index >= 15 is 0 Å². The highest BCUT2D eigenvalue weighted by molar-refractivity contribution is 6.37. The molecule has 20 heavy (non-hydrogen) atoms. The molecule has 0 unspecified atom stereocenters. The van der Waals surface area contributed by atoms with Gasteiger partial charge in [-0.2, -0.15) is 0 Å². The number of aromatic nitrogens is 1. The molecule has 1 aromatic heterocycles. The summed E-state index contributed by atoms with van der Waals surface area (Å²) in [5, 5.41) is 2.90. The third-order valence-electron chi connectivity index (χ3n) is 2.45. The van der Waals surface area contributed by atoms with E-state index in [-0.39, 0.29) is 27.0 Å². The average Bonchev–Trinajstić information content (AvgIpc) is 2.40. The summed E-state index contributed by atoms with van der Waals surface area (Å²) in [6.45, 7) is 0. The van der Waals surface area contributed by atoms with Gasteiger partial charge >= 0.3 is 0 Å². The summed E-state index contributed by atoms with van der Waals surface area (Å²) in [6.07, 6.45) is 2.34. The van der Waals surface area contributed by atoms with Crippen LogP contribution in [-0.2, 0) is 0 Å². The van der Waals surface area contributed by atoms with Gasteiger partial charge in [0.1, 0.15) is 11.4 Å². The van der Waals surface area contributed by atoms with Crippen LogP contribution in [0.2, 0.25) is 10.0 Å². The van der Waals surface area contributed by atoms with Crippen molar-refractivity contribution in [1.82, 2.24) is 4.98 Å². The molecule has 0 saturated carbocycles. The van der Waals surface area contributed by atoms with E-state index < -0.39 is 11.7 Å². The highest BCUT2D eigenvalue weighted by atomic mass is 35.5. The first-order chi connectivity index (χ1) is 9.52. The molecule has 4 nitrogen and oxygen atoms in total. The molecule has 1 aromatic carbocycles. The van der Waals surface area contributed by atoms with Crippen molar-refractivity contribution in [2.75, 3.05) is 12.4 Å². The second-order valence-electron chi connectivity index (χ2n) is 3.78. The highest BCUT2D eigenvalue weighted by Gasteiger charge is 2.19. The Bertz CT molecular complexity index is 665. The zero-order valence-electron chi connectivity index (χ0n) is 10.3. The number of carbonyl (C=O) groups is 1. The maximum atomic E-state index is 13.0. The number of benzene rings is 1. The Hall–Kier alpha value is -1.85. The van der Waals surface area contributed by atoms with Gasteiger partial charge in [0.25, 0.3) is 5.91 Å². The third-order valence-corrected chi connectivity index (χ3v) is 3.07. The van der Waals surface area contributed by atoms with Crippen molar-refractivity contribution in [2.45, 2.75) is 0 Å². The molecule has 0 fully saturated rings. The monoisotopic (exact) mass is 314 g/mol. The number of halogens is 3. The summed E-state index contributed by atoms with van der Waals surface area (Å²) in [7, 11) is 1.37. The fraction of sp³-hybridized carbons (Fsp3) is 0.0769. The summed E-state index contributed by atoms with van der Waals surface area (Å²) in [5.74, 6) is -0.977. The van der Waals surface area contributed by atoms with Crippen LogP contribution in [0.1, 0.15) is 10.4 Å². The number of rotatable bonds is 3. The van der Waals surface area contributed by atoms with E-state index in [1.54, 1.807) is 0 Å². The van der Waals surface area contributed by atoms with Crippen molar-refractivity contribution in [3.05, 3.63) is 52.0 Å². The van der Waals surface area contributed by atoms with Crippen molar-refractivity contribution in [1.29, 1.82) is 0 Å². The number of methoxy groups -OCH3 is 1. The van der Waals surface area contributed by atoms with Crippen molar-refractivity contribution < 1.29 is 13.9 Å². The van der Waals surface area contributed by atoms with Crippen LogP contribution in [-0.4, -0.2) is 18.0 Å². The molecule has 1 heterocycles. The van der Waals surface area contributed by atoms with Gasteiger partial charge in [-0.15, -0.1) is 0 Å². The lowest BCUT2D eigenvalue weighted by atomic mass is 10.2. The molecule has 0 aliphatic carbocycles. The predicted molar refractivity (Wildman–Crippen MR) is 75.2 cm³/mol. The third kappa shape index (κ3) is 3.00. The zero-order chi connectivity index (χ0) is 14.7. The van der Waals surface area contributed by atoms with Crippen molar-refractivity contribution >= 4 is 34.8 Å². The second kappa shape index (κ2) is 6.07. The van der Waals surface area contributed by atoms with E-state index in [0.717, 1.165) is 12.3 Å². The fourth-order valence-corrected chi connectivity index (χ4v) is 2.09. The van der Waals surface area contributed by atoms with Gasteiger partial charge in [0, 0.05) is 6.07 Å². The first-order valence-electron chi connectivity index (χ1n) is 5.47. The van der Waals surface area contributed by atoms with Gasteiger partial charge in [-0.1, -0.05) is 23.2 Å². The van der Waals surface area contributed by atoms with E-state index in [1.807, 2.05) is 0 Å². The van der Waals surface area contributed by atoms with Crippen LogP contribution in [0.25, 0.3) is 0 Å². The molecule has 0 saturated heterocycles. The Labute approximate surface area is 124 Å². The molecular weight excluding hydrogens is 306 g/mol. The quantitative estimate of drug-likeness (QED) is 0.937. The molecule has 0 aliphatic heterocycles. The van der Waals surface area contributed by atoms with Crippen LogP contribution in [0.5, 0.6) is 5.75 Å². The van der Waals surface area contributed by atoms with Gasteiger partial charge in [-0.3, -0.25) is 9.78 Å². The Morgan fingerprint density at radius 2 is 2.00 bits per heavy atom. The Morgan fingerprint density at radius 3 is 2.65 bits per heavy atom. The zero-order valence-corrected chi connectivity index (χ0v) is 11.8. The lowest BCUT2D eigenvalue weighted by Crippen LogP contribution is -2.14. The minimum atomic E-state index is -0.568. The molecule has 2 aromatic rings. The van der Waals surface area contributed by atoms with E-state index in [4.69, 9.17) is 27.9 Å². The van der Waals surface area contributed by atoms with Gasteiger partial charge in [0.05, 0.1) is 35.2 Å². The minimum Gasteiger partial charge on any atom is -0.494 e. The predicted octanol–water partition coefficient (Wildman–Crippen LogP) is 3.79. The van der Waals surface area contributed by atoms with E-state index in [9.17, 15) is 9.18 Å². The Morgan fingerprint density at radius 1 is 1.30 bits per heavy atom. The normalized spacial score (nSPS) is 10.2. The average molecular weight is 315 g/mol. The van der Waals surface area contributed by atoms with E-state index in [0.29, 0.717) is 0 Å². The summed E-state index contributed by atoms with van der Waals surface area (Å²) in [6, 6.07) is 4.13. The summed E-state index contributed by atoms with van der Waals surface area (Å²) in [4.78, 5) is 15.8. The number of ether oxygens (including phenoxy) is 1. The molecular formula is C13H9Cl2FN2O2. The molecule has 0 atom stereocenters. The lowest BCUT2D eigenvalue weighted by Gasteiger charge is -2.12. The van der Waals surface area contributed by atoms with Crippen LogP contribution in [0.15, 0.2) is 30.6 Å². The number of amides is 1. The molecule has 1 N–H and O–H groups in total. The molecule has 0 radical (unpaired) electrons. The molecule has 0 aliphatic rings. The first-order valence-corrected chi connectivity index (χ1v) is 6.22. The number of nitrogens with zero attached hydrogens (tertiary/aromatic N) is 1. The number of hydrogen-bond acceptors (Lipinski definition) is 3. The number of pyridine rings is 1. The second-order valence-corrected chi connectivity index (χ2v) is 4.60. The number of nitrogens with one attached hydrogen (secondary N) is 1. The Balaban J connectivity index is 2.37. The van der Waals surface area contributed by atoms with Crippen LogP contribution in [0, 0.1) is 5.82 Å². The van der Waals surface area contributed by atoms with Gasteiger partial charge in [-0.05, 0) is 12.1 Å². The molecule has 0 bridgehead atoms. The molecule has 104 valence electrons.